The summed E-state index contributed by atoms with van der Waals surface area (Å²) in [5, 5.41) is 5.54. The van der Waals surface area contributed by atoms with E-state index in [1.54, 1.807) is 34.6 Å². The number of hydrogen-bond acceptors (Lipinski definition) is 7. The molecule has 3 rings (SSSR count). The number of rotatable bonds is 12. The van der Waals surface area contributed by atoms with Gasteiger partial charge in [0.15, 0.2) is 0 Å². The van der Waals surface area contributed by atoms with E-state index in [0.717, 1.165) is 11.1 Å². The first-order valence-corrected chi connectivity index (χ1v) is 14.9. The Hall–Kier alpha value is -4.08. The van der Waals surface area contributed by atoms with Gasteiger partial charge in [0.1, 0.15) is 35.6 Å². The first kappa shape index (κ1) is 33.4. The molecule has 2 aromatic carbocycles. The van der Waals surface area contributed by atoms with Gasteiger partial charge in [-0.2, -0.15) is 0 Å². The summed E-state index contributed by atoms with van der Waals surface area (Å²) in [7, 11) is 0. The highest BCUT2D eigenvalue weighted by Gasteiger charge is 2.41. The van der Waals surface area contributed by atoms with Crippen LogP contribution in [0.1, 0.15) is 71.9 Å². The zero-order valence-corrected chi connectivity index (χ0v) is 26.1. The molecule has 0 aromatic heterocycles. The van der Waals surface area contributed by atoms with E-state index < -0.39 is 47.1 Å². The predicted octanol–water partition coefficient (Wildman–Crippen LogP) is 4.54. The van der Waals surface area contributed by atoms with Crippen molar-refractivity contribution in [3.05, 3.63) is 65.7 Å². The molecule has 1 fully saturated rings. The van der Waals surface area contributed by atoms with E-state index in [0.29, 0.717) is 31.7 Å². The molecule has 2 aromatic rings. The Labute approximate surface area is 254 Å². The van der Waals surface area contributed by atoms with E-state index in [2.05, 4.69) is 10.6 Å². The molecule has 0 saturated carbocycles. The molecule has 0 unspecified atom stereocenters. The third-order valence-corrected chi connectivity index (χ3v) is 7.29. The Morgan fingerprint density at radius 1 is 0.953 bits per heavy atom. The molecule has 1 aliphatic rings. The Kier molecular flexibility index (Phi) is 11.6. The minimum atomic E-state index is -1.35. The van der Waals surface area contributed by atoms with Crippen LogP contribution in [-0.4, -0.2) is 65.2 Å². The maximum Gasteiger partial charge on any atom is 0.408 e. The van der Waals surface area contributed by atoms with Crippen molar-refractivity contribution in [3.8, 4) is 5.75 Å². The van der Waals surface area contributed by atoms with Gasteiger partial charge in [-0.15, -0.1) is 0 Å². The molecule has 10 nitrogen and oxygen atoms in total. The van der Waals surface area contributed by atoms with Crippen LogP contribution < -0.4 is 15.4 Å². The van der Waals surface area contributed by atoms with Crippen molar-refractivity contribution in [1.29, 1.82) is 0 Å². The van der Waals surface area contributed by atoms with Crippen LogP contribution >= 0.6 is 0 Å². The van der Waals surface area contributed by atoms with Gasteiger partial charge < -0.3 is 29.7 Å². The number of carbonyl (C=O) groups excluding carboxylic acids is 4. The Morgan fingerprint density at radius 2 is 1.63 bits per heavy atom. The number of carbonyl (C=O) groups is 4. The van der Waals surface area contributed by atoms with Crippen molar-refractivity contribution >= 4 is 23.9 Å². The minimum Gasteiger partial charge on any atom is -0.494 e. The standard InChI is InChI=1S/C33H45N3O7/c1-7-33(6,35-31(40)43-32(3,4)5)30(39)34-26(21-23-16-18-25(19-17-23)41-8-2)28(37)36-20-12-15-27(36)29(38)42-22-24-13-10-9-11-14-24/h9-11,13-14,16-19,26-27H,7-8,12,15,20-22H2,1-6H3,(H,34,39)(H,35,40)/t26-,27+,33-/m0/s1. The van der Waals surface area contributed by atoms with Crippen molar-refractivity contribution in [3.63, 3.8) is 0 Å². The molecule has 1 heterocycles. The molecule has 234 valence electrons. The highest BCUT2D eigenvalue weighted by atomic mass is 16.6. The van der Waals surface area contributed by atoms with Gasteiger partial charge in [-0.05, 0) is 77.1 Å². The van der Waals surface area contributed by atoms with Crippen LogP contribution in [-0.2, 0) is 36.9 Å². The number of alkyl carbamates (subject to hydrolysis) is 1. The molecule has 3 atom stereocenters. The first-order chi connectivity index (χ1) is 20.3. The Morgan fingerprint density at radius 3 is 2.23 bits per heavy atom. The van der Waals surface area contributed by atoms with Gasteiger partial charge in [0.25, 0.3) is 0 Å². The number of benzene rings is 2. The van der Waals surface area contributed by atoms with E-state index in [1.807, 2.05) is 61.5 Å². The number of amides is 3. The molecule has 0 aliphatic carbocycles. The molecule has 0 spiro atoms. The fourth-order valence-corrected chi connectivity index (χ4v) is 4.78. The largest absolute Gasteiger partial charge is 0.494 e. The average molecular weight is 596 g/mol. The highest BCUT2D eigenvalue weighted by Crippen LogP contribution is 2.23. The highest BCUT2D eigenvalue weighted by molar-refractivity contribution is 5.95. The minimum absolute atomic E-state index is 0.107. The van der Waals surface area contributed by atoms with Crippen molar-refractivity contribution in [1.82, 2.24) is 15.5 Å². The molecule has 0 radical (unpaired) electrons. The van der Waals surface area contributed by atoms with Crippen LogP contribution in [0.3, 0.4) is 0 Å². The zero-order valence-electron chi connectivity index (χ0n) is 26.1. The predicted molar refractivity (Wildman–Crippen MR) is 162 cm³/mol. The molecular formula is C33H45N3O7. The molecule has 43 heavy (non-hydrogen) atoms. The number of nitrogens with one attached hydrogen (secondary N) is 2. The number of nitrogens with zero attached hydrogens (tertiary/aromatic N) is 1. The van der Waals surface area contributed by atoms with Crippen LogP contribution in [0.25, 0.3) is 0 Å². The van der Waals surface area contributed by atoms with Gasteiger partial charge in [0.05, 0.1) is 6.61 Å². The van der Waals surface area contributed by atoms with Crippen molar-refractivity contribution in [2.75, 3.05) is 13.2 Å². The van der Waals surface area contributed by atoms with E-state index in [-0.39, 0.29) is 19.4 Å². The molecule has 10 heteroatoms. The molecule has 1 saturated heterocycles. The summed E-state index contributed by atoms with van der Waals surface area (Å²) in [6.07, 6.45) is 0.789. The second-order valence-electron chi connectivity index (χ2n) is 11.9. The molecule has 3 amide bonds. The zero-order chi connectivity index (χ0) is 31.6. The van der Waals surface area contributed by atoms with Crippen LogP contribution in [0, 0.1) is 0 Å². The molecule has 1 aliphatic heterocycles. The van der Waals surface area contributed by atoms with Crippen LogP contribution in [0.5, 0.6) is 5.75 Å². The van der Waals surface area contributed by atoms with Crippen LogP contribution in [0.2, 0.25) is 0 Å². The van der Waals surface area contributed by atoms with Gasteiger partial charge in [0.2, 0.25) is 11.8 Å². The summed E-state index contributed by atoms with van der Waals surface area (Å²) in [5.41, 5.74) is -0.452. The summed E-state index contributed by atoms with van der Waals surface area (Å²) in [6.45, 7) is 11.4. The summed E-state index contributed by atoms with van der Waals surface area (Å²) in [5.74, 6) is -0.713. The molecule has 2 N–H and O–H groups in total. The van der Waals surface area contributed by atoms with Gasteiger partial charge >= 0.3 is 12.1 Å². The van der Waals surface area contributed by atoms with E-state index >= 15 is 0 Å². The van der Waals surface area contributed by atoms with Gasteiger partial charge in [-0.25, -0.2) is 9.59 Å². The Balaban J connectivity index is 1.81. The lowest BCUT2D eigenvalue weighted by Crippen LogP contribution is -2.61. The Bertz CT molecular complexity index is 1240. The topological polar surface area (TPSA) is 123 Å². The summed E-state index contributed by atoms with van der Waals surface area (Å²) in [4.78, 5) is 54.9. The van der Waals surface area contributed by atoms with E-state index in [9.17, 15) is 19.2 Å². The fourth-order valence-electron chi connectivity index (χ4n) is 4.78. The monoisotopic (exact) mass is 595 g/mol. The first-order valence-electron chi connectivity index (χ1n) is 14.9. The summed E-state index contributed by atoms with van der Waals surface area (Å²) < 4.78 is 16.5. The third kappa shape index (κ3) is 9.73. The molecular weight excluding hydrogens is 550 g/mol. The van der Waals surface area contributed by atoms with Crippen LogP contribution in [0.4, 0.5) is 4.79 Å². The van der Waals surface area contributed by atoms with E-state index in [4.69, 9.17) is 14.2 Å². The fraction of sp³-hybridized carbons (Fsp3) is 0.515. The number of hydrogen-bond donors (Lipinski definition) is 2. The summed E-state index contributed by atoms with van der Waals surface area (Å²) in [6, 6.07) is 14.9. The SMILES string of the molecule is CCOc1ccc(C[C@H](NC(=O)[C@](C)(CC)NC(=O)OC(C)(C)C)C(=O)N2CCC[C@@H]2C(=O)OCc2ccccc2)cc1. The maximum absolute atomic E-state index is 14.0. The average Bonchev–Trinajstić information content (AvgIpc) is 3.46. The van der Waals surface area contributed by atoms with Crippen molar-refractivity contribution < 1.29 is 33.4 Å². The molecule has 0 bridgehead atoms. The number of esters is 1. The van der Waals surface area contributed by atoms with Gasteiger partial charge in [0, 0.05) is 13.0 Å². The van der Waals surface area contributed by atoms with E-state index in [1.165, 1.54) is 4.90 Å². The van der Waals surface area contributed by atoms with Crippen molar-refractivity contribution in [2.45, 2.75) is 97.1 Å². The van der Waals surface area contributed by atoms with Crippen molar-refractivity contribution in [2.24, 2.45) is 0 Å². The number of likely N-dealkylation sites (tertiary alicyclic amines) is 1. The summed E-state index contributed by atoms with van der Waals surface area (Å²) >= 11 is 0. The maximum atomic E-state index is 14.0. The lowest BCUT2D eigenvalue weighted by molar-refractivity contribution is -0.155. The lowest BCUT2D eigenvalue weighted by atomic mass is 9.96. The smallest absolute Gasteiger partial charge is 0.408 e. The normalized spacial score (nSPS) is 16.9. The van der Waals surface area contributed by atoms with Crippen LogP contribution in [0.15, 0.2) is 54.6 Å². The quantitative estimate of drug-likeness (QED) is 0.346. The third-order valence-electron chi connectivity index (χ3n) is 7.29. The van der Waals surface area contributed by atoms with Gasteiger partial charge in [-0.3, -0.25) is 9.59 Å². The number of ether oxygens (including phenoxy) is 3. The second-order valence-corrected chi connectivity index (χ2v) is 11.9. The lowest BCUT2D eigenvalue weighted by Gasteiger charge is -2.33. The second kappa shape index (κ2) is 14.9. The van der Waals surface area contributed by atoms with Gasteiger partial charge in [-0.1, -0.05) is 49.4 Å².